The molecule has 1 N–H and O–H groups in total. The first-order valence-electron chi connectivity index (χ1n) is 6.55. The number of hydrogen-bond acceptors (Lipinski definition) is 3. The first-order chi connectivity index (χ1) is 9.02. The summed E-state index contributed by atoms with van der Waals surface area (Å²) in [7, 11) is 1.71. The lowest BCUT2D eigenvalue weighted by molar-refractivity contribution is -0.136. The highest BCUT2D eigenvalue weighted by atomic mass is 16.5. The minimum absolute atomic E-state index is 0.0812. The van der Waals surface area contributed by atoms with Crippen LogP contribution < -0.4 is 0 Å². The Morgan fingerprint density at radius 2 is 1.84 bits per heavy atom. The second-order valence-electron chi connectivity index (χ2n) is 4.94. The second kappa shape index (κ2) is 7.92. The van der Waals surface area contributed by atoms with Crippen LogP contribution in [0.15, 0.2) is 24.3 Å². The fraction of sp³-hybridized carbons (Fsp3) is 0.533. The molecule has 0 saturated heterocycles. The van der Waals surface area contributed by atoms with Gasteiger partial charge in [-0.2, -0.15) is 0 Å². The van der Waals surface area contributed by atoms with Crippen LogP contribution in [0.2, 0.25) is 0 Å². The van der Waals surface area contributed by atoms with E-state index in [1.807, 2.05) is 24.3 Å². The number of ether oxygens (including phenoxy) is 1. The largest absolute Gasteiger partial charge is 0.481 e. The summed E-state index contributed by atoms with van der Waals surface area (Å²) in [4.78, 5) is 12.9. The second-order valence-corrected chi connectivity index (χ2v) is 4.94. The van der Waals surface area contributed by atoms with Crippen LogP contribution >= 0.6 is 0 Å². The van der Waals surface area contributed by atoms with Crippen LogP contribution in [-0.4, -0.2) is 42.3 Å². The van der Waals surface area contributed by atoms with Crippen molar-refractivity contribution in [2.45, 2.75) is 32.9 Å². The number of hydrogen-bond donors (Lipinski definition) is 1. The molecule has 0 saturated carbocycles. The molecule has 0 unspecified atom stereocenters. The number of nitrogens with zero attached hydrogens (tertiary/aromatic N) is 1. The first-order valence-corrected chi connectivity index (χ1v) is 6.55. The third kappa shape index (κ3) is 5.85. The fourth-order valence-corrected chi connectivity index (χ4v) is 1.90. The Kier molecular flexibility index (Phi) is 6.53. The lowest BCUT2D eigenvalue weighted by Crippen LogP contribution is -2.33. The van der Waals surface area contributed by atoms with Crippen molar-refractivity contribution in [2.75, 3.05) is 20.3 Å². The van der Waals surface area contributed by atoms with Crippen molar-refractivity contribution in [3.8, 4) is 0 Å². The summed E-state index contributed by atoms with van der Waals surface area (Å²) in [5.74, 6) is -0.795. The van der Waals surface area contributed by atoms with Crippen LogP contribution in [0.1, 0.15) is 25.0 Å². The van der Waals surface area contributed by atoms with E-state index in [2.05, 4.69) is 18.7 Å². The molecule has 19 heavy (non-hydrogen) atoms. The monoisotopic (exact) mass is 265 g/mol. The highest BCUT2D eigenvalue weighted by molar-refractivity contribution is 5.70. The molecule has 106 valence electrons. The summed E-state index contributed by atoms with van der Waals surface area (Å²) < 4.78 is 5.12. The number of carboxylic acid groups (broad SMARTS) is 1. The van der Waals surface area contributed by atoms with Crippen LogP contribution in [0.5, 0.6) is 0 Å². The minimum Gasteiger partial charge on any atom is -0.481 e. The zero-order valence-electron chi connectivity index (χ0n) is 11.9. The average molecular weight is 265 g/mol. The molecule has 0 radical (unpaired) electrons. The van der Waals surface area contributed by atoms with E-state index in [0.29, 0.717) is 6.04 Å². The molecule has 1 aromatic carbocycles. The molecule has 1 aromatic rings. The van der Waals surface area contributed by atoms with Crippen molar-refractivity contribution < 1.29 is 14.6 Å². The van der Waals surface area contributed by atoms with Gasteiger partial charge in [-0.3, -0.25) is 9.69 Å². The Labute approximate surface area is 115 Å². The van der Waals surface area contributed by atoms with Gasteiger partial charge >= 0.3 is 5.97 Å². The minimum atomic E-state index is -0.795. The van der Waals surface area contributed by atoms with Gasteiger partial charge in [-0.25, -0.2) is 0 Å². The van der Waals surface area contributed by atoms with Gasteiger partial charge in [-0.15, -0.1) is 0 Å². The van der Waals surface area contributed by atoms with Crippen LogP contribution in [0.3, 0.4) is 0 Å². The van der Waals surface area contributed by atoms with Crippen molar-refractivity contribution in [3.63, 3.8) is 0 Å². The van der Waals surface area contributed by atoms with Gasteiger partial charge in [0.2, 0.25) is 0 Å². The molecule has 0 atom stereocenters. The zero-order valence-corrected chi connectivity index (χ0v) is 11.9. The standard InChI is InChI=1S/C15H23NO3/c1-12(2)16(8-9-19-3)11-14-6-4-13(5-7-14)10-15(17)18/h4-7,12H,8-11H2,1-3H3,(H,17,18). The lowest BCUT2D eigenvalue weighted by atomic mass is 10.1. The van der Waals surface area contributed by atoms with E-state index in [-0.39, 0.29) is 6.42 Å². The highest BCUT2D eigenvalue weighted by Crippen LogP contribution is 2.10. The number of carbonyl (C=O) groups is 1. The quantitative estimate of drug-likeness (QED) is 0.782. The van der Waals surface area contributed by atoms with E-state index >= 15 is 0 Å². The van der Waals surface area contributed by atoms with E-state index in [1.54, 1.807) is 7.11 Å². The van der Waals surface area contributed by atoms with E-state index in [9.17, 15) is 4.79 Å². The number of benzene rings is 1. The first kappa shape index (κ1) is 15.7. The summed E-state index contributed by atoms with van der Waals surface area (Å²) >= 11 is 0. The molecule has 0 heterocycles. The van der Waals surface area contributed by atoms with Crippen LogP contribution in [-0.2, 0) is 22.5 Å². The molecule has 0 aliphatic rings. The van der Waals surface area contributed by atoms with Crippen LogP contribution in [0, 0.1) is 0 Å². The van der Waals surface area contributed by atoms with Gasteiger partial charge < -0.3 is 9.84 Å². The van der Waals surface area contributed by atoms with Crippen LogP contribution in [0.4, 0.5) is 0 Å². The Balaban J connectivity index is 2.61. The van der Waals surface area contributed by atoms with Gasteiger partial charge in [0.1, 0.15) is 0 Å². The topological polar surface area (TPSA) is 49.8 Å². The predicted molar refractivity (Wildman–Crippen MR) is 75.2 cm³/mol. The van der Waals surface area contributed by atoms with Gasteiger partial charge in [-0.05, 0) is 25.0 Å². The average Bonchev–Trinajstić information content (AvgIpc) is 2.35. The van der Waals surface area contributed by atoms with Gasteiger partial charge in [0.15, 0.2) is 0 Å². The van der Waals surface area contributed by atoms with Crippen molar-refractivity contribution in [3.05, 3.63) is 35.4 Å². The molecule has 4 heteroatoms. The summed E-state index contributed by atoms with van der Waals surface area (Å²) in [5.41, 5.74) is 2.03. The fourth-order valence-electron chi connectivity index (χ4n) is 1.90. The van der Waals surface area contributed by atoms with Gasteiger partial charge in [-0.1, -0.05) is 24.3 Å². The molecule has 0 aliphatic carbocycles. The number of methoxy groups -OCH3 is 1. The molecule has 0 aromatic heterocycles. The highest BCUT2D eigenvalue weighted by Gasteiger charge is 2.10. The van der Waals surface area contributed by atoms with Crippen molar-refractivity contribution in [2.24, 2.45) is 0 Å². The zero-order chi connectivity index (χ0) is 14.3. The van der Waals surface area contributed by atoms with Crippen molar-refractivity contribution >= 4 is 5.97 Å². The van der Waals surface area contributed by atoms with E-state index in [0.717, 1.165) is 25.3 Å². The maximum Gasteiger partial charge on any atom is 0.307 e. The Morgan fingerprint density at radius 3 is 2.32 bits per heavy atom. The summed E-state index contributed by atoms with van der Waals surface area (Å²) in [5, 5.41) is 8.73. The van der Waals surface area contributed by atoms with E-state index in [4.69, 9.17) is 9.84 Å². The summed E-state index contributed by atoms with van der Waals surface area (Å²) in [6.07, 6.45) is 0.0812. The molecule has 0 amide bonds. The van der Waals surface area contributed by atoms with Crippen LogP contribution in [0.25, 0.3) is 0 Å². The molecule has 0 bridgehead atoms. The molecule has 1 rings (SSSR count). The Bertz CT molecular complexity index is 387. The maximum absolute atomic E-state index is 10.6. The third-order valence-corrected chi connectivity index (χ3v) is 3.08. The van der Waals surface area contributed by atoms with Crippen molar-refractivity contribution in [1.82, 2.24) is 4.90 Å². The normalized spacial score (nSPS) is 11.2. The predicted octanol–water partition coefficient (Wildman–Crippen LogP) is 2.17. The molecular weight excluding hydrogens is 242 g/mol. The summed E-state index contributed by atoms with van der Waals surface area (Å²) in [6.45, 7) is 6.79. The van der Waals surface area contributed by atoms with E-state index in [1.165, 1.54) is 5.56 Å². The number of carboxylic acids is 1. The Morgan fingerprint density at radius 1 is 1.26 bits per heavy atom. The molecule has 0 aliphatic heterocycles. The molecule has 4 nitrogen and oxygen atoms in total. The number of rotatable bonds is 8. The smallest absolute Gasteiger partial charge is 0.307 e. The Hall–Kier alpha value is -1.39. The number of aliphatic carboxylic acids is 1. The maximum atomic E-state index is 10.6. The summed E-state index contributed by atoms with van der Waals surface area (Å²) in [6, 6.07) is 8.23. The SMILES string of the molecule is COCCN(Cc1ccc(CC(=O)O)cc1)C(C)C. The molecular formula is C15H23NO3. The van der Waals surface area contributed by atoms with Gasteiger partial charge in [0.25, 0.3) is 0 Å². The van der Waals surface area contributed by atoms with Crippen molar-refractivity contribution in [1.29, 1.82) is 0 Å². The van der Waals surface area contributed by atoms with Gasteiger partial charge in [0, 0.05) is 26.2 Å². The third-order valence-electron chi connectivity index (χ3n) is 3.08. The van der Waals surface area contributed by atoms with E-state index < -0.39 is 5.97 Å². The molecule has 0 fully saturated rings. The van der Waals surface area contributed by atoms with Gasteiger partial charge in [0.05, 0.1) is 13.0 Å². The lowest BCUT2D eigenvalue weighted by Gasteiger charge is -2.26. The molecule has 0 spiro atoms.